The Balaban J connectivity index is 1.78. The fraction of sp³-hybridized carbons (Fsp3) is 0.538. The van der Waals surface area contributed by atoms with E-state index in [1.165, 1.54) is 24.0 Å². The van der Waals surface area contributed by atoms with Crippen LogP contribution in [0, 0.1) is 6.92 Å². The number of ether oxygens (including phenoxy) is 1. The van der Waals surface area contributed by atoms with E-state index in [2.05, 4.69) is 38.1 Å². The Kier molecular flexibility index (Phi) is 2.87. The third-order valence-electron chi connectivity index (χ3n) is 2.93. The van der Waals surface area contributed by atoms with E-state index in [0.717, 1.165) is 6.42 Å². The molecule has 0 spiro atoms. The minimum absolute atomic E-state index is 0.543. The van der Waals surface area contributed by atoms with E-state index >= 15 is 0 Å². The van der Waals surface area contributed by atoms with Crippen LogP contribution in [0.4, 0.5) is 0 Å². The zero-order valence-corrected chi connectivity index (χ0v) is 8.99. The van der Waals surface area contributed by atoms with Gasteiger partial charge in [-0.15, -0.1) is 0 Å². The Hall–Kier alpha value is -0.820. The van der Waals surface area contributed by atoms with Gasteiger partial charge in [-0.25, -0.2) is 0 Å². The summed E-state index contributed by atoms with van der Waals surface area (Å²) in [5.74, 6) is 0. The molecule has 1 fully saturated rings. The maximum atomic E-state index is 5.51. The Bertz CT molecular complexity index is 289. The second-order valence-electron chi connectivity index (χ2n) is 4.15. The molecule has 76 valence electrons. The molecule has 2 rings (SSSR count). The molecule has 1 heteroatoms. The van der Waals surface area contributed by atoms with Crippen LogP contribution in [0.25, 0.3) is 0 Å². The molecule has 1 nitrogen and oxygen atoms in total. The topological polar surface area (TPSA) is 12.5 Å². The molecule has 1 aliphatic rings. The molecule has 14 heavy (non-hydrogen) atoms. The summed E-state index contributed by atoms with van der Waals surface area (Å²) in [6.45, 7) is 4.32. The van der Waals surface area contributed by atoms with Crippen molar-refractivity contribution in [3.63, 3.8) is 0 Å². The molecule has 0 radical (unpaired) electrons. The predicted octanol–water partition coefficient (Wildman–Crippen LogP) is 3.11. The highest BCUT2D eigenvalue weighted by atomic mass is 16.6. The zero-order chi connectivity index (χ0) is 9.97. The molecule has 0 amide bonds. The number of rotatable bonds is 4. The molecule has 1 heterocycles. The minimum Gasteiger partial charge on any atom is -0.370 e. The second-order valence-corrected chi connectivity index (χ2v) is 4.15. The Morgan fingerprint density at radius 3 is 2.43 bits per heavy atom. The summed E-state index contributed by atoms with van der Waals surface area (Å²) in [5.41, 5.74) is 2.77. The quantitative estimate of drug-likeness (QED) is 0.665. The molecule has 0 aromatic heterocycles. The van der Waals surface area contributed by atoms with Crippen LogP contribution in [0.5, 0.6) is 0 Å². The number of benzene rings is 1. The first kappa shape index (κ1) is 9.72. The van der Waals surface area contributed by atoms with E-state index in [1.807, 2.05) is 0 Å². The molecule has 1 aromatic rings. The van der Waals surface area contributed by atoms with Crippen LogP contribution in [0.3, 0.4) is 0 Å². The first-order valence-electron chi connectivity index (χ1n) is 5.50. The molecule has 2 unspecified atom stereocenters. The molecule has 1 aromatic carbocycles. The second kappa shape index (κ2) is 4.14. The van der Waals surface area contributed by atoms with Crippen LogP contribution in [-0.2, 0) is 11.2 Å². The van der Waals surface area contributed by atoms with Crippen molar-refractivity contribution in [1.29, 1.82) is 0 Å². The van der Waals surface area contributed by atoms with Gasteiger partial charge in [-0.2, -0.15) is 0 Å². The van der Waals surface area contributed by atoms with Gasteiger partial charge in [0.05, 0.1) is 12.2 Å². The van der Waals surface area contributed by atoms with Crippen LogP contribution in [-0.4, -0.2) is 12.2 Å². The lowest BCUT2D eigenvalue weighted by Crippen LogP contribution is -1.95. The van der Waals surface area contributed by atoms with Crippen molar-refractivity contribution in [2.45, 2.75) is 45.3 Å². The molecule has 0 bridgehead atoms. The third-order valence-corrected chi connectivity index (χ3v) is 2.93. The summed E-state index contributed by atoms with van der Waals surface area (Å²) in [5, 5.41) is 0. The summed E-state index contributed by atoms with van der Waals surface area (Å²) in [6.07, 6.45) is 4.60. The average Bonchev–Trinajstić information content (AvgIpc) is 2.96. The zero-order valence-electron chi connectivity index (χ0n) is 8.99. The molecule has 0 N–H and O–H groups in total. The van der Waals surface area contributed by atoms with Crippen molar-refractivity contribution in [1.82, 2.24) is 0 Å². The number of epoxide rings is 1. The van der Waals surface area contributed by atoms with E-state index in [9.17, 15) is 0 Å². The summed E-state index contributed by atoms with van der Waals surface area (Å²) < 4.78 is 5.51. The van der Waals surface area contributed by atoms with Crippen molar-refractivity contribution in [2.24, 2.45) is 0 Å². The Labute approximate surface area is 86.1 Å². The molecule has 1 aliphatic heterocycles. The van der Waals surface area contributed by atoms with Gasteiger partial charge in [0.1, 0.15) is 0 Å². The monoisotopic (exact) mass is 190 g/mol. The SMILES string of the molecule is CCC1OC1CCc1ccc(C)cc1. The van der Waals surface area contributed by atoms with Crippen molar-refractivity contribution in [3.8, 4) is 0 Å². The molecular formula is C13H18O. The van der Waals surface area contributed by atoms with Gasteiger partial charge in [0.25, 0.3) is 0 Å². The van der Waals surface area contributed by atoms with Crippen molar-refractivity contribution in [3.05, 3.63) is 35.4 Å². The summed E-state index contributed by atoms with van der Waals surface area (Å²) >= 11 is 0. The average molecular weight is 190 g/mol. The smallest absolute Gasteiger partial charge is 0.0845 e. The van der Waals surface area contributed by atoms with E-state index in [1.54, 1.807) is 0 Å². The van der Waals surface area contributed by atoms with Gasteiger partial charge in [0.15, 0.2) is 0 Å². The van der Waals surface area contributed by atoms with Crippen molar-refractivity contribution < 1.29 is 4.74 Å². The highest BCUT2D eigenvalue weighted by Gasteiger charge is 2.35. The fourth-order valence-electron chi connectivity index (χ4n) is 1.86. The van der Waals surface area contributed by atoms with E-state index in [0.29, 0.717) is 12.2 Å². The van der Waals surface area contributed by atoms with Crippen LogP contribution in [0.2, 0.25) is 0 Å². The van der Waals surface area contributed by atoms with E-state index in [4.69, 9.17) is 4.74 Å². The third kappa shape index (κ3) is 2.36. The normalized spacial score (nSPS) is 25.0. The fourth-order valence-corrected chi connectivity index (χ4v) is 1.86. The van der Waals surface area contributed by atoms with Crippen LogP contribution < -0.4 is 0 Å². The molecule has 2 atom stereocenters. The van der Waals surface area contributed by atoms with Gasteiger partial charge < -0.3 is 4.74 Å². The van der Waals surface area contributed by atoms with Gasteiger partial charge in [-0.1, -0.05) is 36.8 Å². The van der Waals surface area contributed by atoms with Crippen molar-refractivity contribution in [2.75, 3.05) is 0 Å². The molecular weight excluding hydrogens is 172 g/mol. The highest BCUT2D eigenvalue weighted by Crippen LogP contribution is 2.29. The first-order valence-corrected chi connectivity index (χ1v) is 5.50. The Morgan fingerprint density at radius 2 is 1.86 bits per heavy atom. The summed E-state index contributed by atoms with van der Waals surface area (Å²) in [4.78, 5) is 0. The van der Waals surface area contributed by atoms with Gasteiger partial charge in [0, 0.05) is 0 Å². The van der Waals surface area contributed by atoms with Crippen LogP contribution >= 0.6 is 0 Å². The molecule has 0 aliphatic carbocycles. The first-order chi connectivity index (χ1) is 6.79. The van der Waals surface area contributed by atoms with Gasteiger partial charge in [-0.05, 0) is 31.7 Å². The highest BCUT2D eigenvalue weighted by molar-refractivity contribution is 5.21. The van der Waals surface area contributed by atoms with Gasteiger partial charge in [0.2, 0.25) is 0 Å². The number of hydrogen-bond acceptors (Lipinski definition) is 1. The van der Waals surface area contributed by atoms with Crippen LogP contribution in [0.15, 0.2) is 24.3 Å². The predicted molar refractivity (Wildman–Crippen MR) is 58.5 cm³/mol. The lowest BCUT2D eigenvalue weighted by Gasteiger charge is -1.99. The van der Waals surface area contributed by atoms with Gasteiger partial charge >= 0.3 is 0 Å². The summed E-state index contributed by atoms with van der Waals surface area (Å²) in [7, 11) is 0. The number of hydrogen-bond donors (Lipinski definition) is 0. The van der Waals surface area contributed by atoms with E-state index in [-0.39, 0.29) is 0 Å². The lowest BCUT2D eigenvalue weighted by molar-refractivity contribution is 0.360. The standard InChI is InChI=1S/C13H18O/c1-3-12-13(14-12)9-8-11-6-4-10(2)5-7-11/h4-7,12-13H,3,8-9H2,1-2H3. The largest absolute Gasteiger partial charge is 0.370 e. The van der Waals surface area contributed by atoms with Crippen LogP contribution in [0.1, 0.15) is 30.9 Å². The molecule has 0 saturated carbocycles. The van der Waals surface area contributed by atoms with Crippen molar-refractivity contribution >= 4 is 0 Å². The maximum absolute atomic E-state index is 5.51. The summed E-state index contributed by atoms with van der Waals surface area (Å²) in [6, 6.07) is 8.80. The lowest BCUT2D eigenvalue weighted by atomic mass is 10.1. The Morgan fingerprint density at radius 1 is 1.14 bits per heavy atom. The van der Waals surface area contributed by atoms with E-state index < -0.39 is 0 Å². The minimum atomic E-state index is 0.543. The number of aryl methyl sites for hydroxylation is 2. The maximum Gasteiger partial charge on any atom is 0.0845 e. The molecule has 1 saturated heterocycles. The van der Waals surface area contributed by atoms with Gasteiger partial charge in [-0.3, -0.25) is 0 Å².